The average molecular weight is 362 g/mol. The molecule has 18 heavy (non-hydrogen) atoms. The number of carbonyl (C=O) groups is 2. The standard InChI is InChI=1S/C13H15IO4/c1-3-17-13(16)11(14)12(18-9(2)15)10-7-5-4-6-8-10/h4-8,11-12H,3H2,1-2H3. The lowest BCUT2D eigenvalue weighted by Crippen LogP contribution is -2.27. The summed E-state index contributed by atoms with van der Waals surface area (Å²) in [6, 6.07) is 9.17. The lowest BCUT2D eigenvalue weighted by atomic mass is 10.1. The van der Waals surface area contributed by atoms with E-state index in [9.17, 15) is 9.59 Å². The molecule has 0 heterocycles. The van der Waals surface area contributed by atoms with Gasteiger partial charge in [0.15, 0.2) is 0 Å². The molecule has 4 nitrogen and oxygen atoms in total. The van der Waals surface area contributed by atoms with Crippen molar-refractivity contribution in [3.8, 4) is 0 Å². The molecule has 0 spiro atoms. The maximum atomic E-state index is 11.7. The van der Waals surface area contributed by atoms with Crippen LogP contribution in [0.25, 0.3) is 0 Å². The summed E-state index contributed by atoms with van der Waals surface area (Å²) in [6.07, 6.45) is -0.622. The monoisotopic (exact) mass is 362 g/mol. The van der Waals surface area contributed by atoms with Crippen molar-refractivity contribution in [2.75, 3.05) is 6.61 Å². The molecule has 2 unspecified atom stereocenters. The van der Waals surface area contributed by atoms with Gasteiger partial charge in [-0.1, -0.05) is 52.9 Å². The number of ether oxygens (including phenoxy) is 2. The molecule has 1 rings (SSSR count). The third-order valence-corrected chi connectivity index (χ3v) is 3.36. The average Bonchev–Trinajstić information content (AvgIpc) is 2.36. The predicted molar refractivity (Wildman–Crippen MR) is 75.4 cm³/mol. The molecule has 0 radical (unpaired) electrons. The Labute approximate surface area is 120 Å². The summed E-state index contributed by atoms with van der Waals surface area (Å²) < 4.78 is 9.61. The van der Waals surface area contributed by atoms with Gasteiger partial charge >= 0.3 is 11.9 Å². The quantitative estimate of drug-likeness (QED) is 0.459. The van der Waals surface area contributed by atoms with Crippen LogP contribution in [0.2, 0.25) is 0 Å². The van der Waals surface area contributed by atoms with E-state index in [1.54, 1.807) is 6.92 Å². The normalized spacial score (nSPS) is 13.5. The zero-order valence-electron chi connectivity index (χ0n) is 10.3. The summed E-state index contributed by atoms with van der Waals surface area (Å²) in [5.41, 5.74) is 0.778. The Kier molecular flexibility index (Phi) is 6.11. The van der Waals surface area contributed by atoms with Gasteiger partial charge in [-0.25, -0.2) is 0 Å². The van der Waals surface area contributed by atoms with Gasteiger partial charge < -0.3 is 9.47 Å². The van der Waals surface area contributed by atoms with Crippen LogP contribution in [0, 0.1) is 0 Å². The number of alkyl halides is 1. The molecule has 0 aromatic heterocycles. The number of benzene rings is 1. The lowest BCUT2D eigenvalue weighted by Gasteiger charge is -2.21. The number of esters is 2. The second-order valence-electron chi connectivity index (χ2n) is 3.59. The largest absolute Gasteiger partial charge is 0.465 e. The van der Waals surface area contributed by atoms with E-state index in [-0.39, 0.29) is 5.97 Å². The van der Waals surface area contributed by atoms with Crippen molar-refractivity contribution in [2.45, 2.75) is 23.9 Å². The van der Waals surface area contributed by atoms with Crippen LogP contribution in [0.15, 0.2) is 30.3 Å². The molecule has 0 aliphatic heterocycles. The Morgan fingerprint density at radius 3 is 2.39 bits per heavy atom. The topological polar surface area (TPSA) is 52.6 Å². The summed E-state index contributed by atoms with van der Waals surface area (Å²) in [6.45, 7) is 3.37. The van der Waals surface area contributed by atoms with Gasteiger partial charge in [0, 0.05) is 6.92 Å². The fourth-order valence-corrected chi connectivity index (χ4v) is 2.21. The molecule has 98 valence electrons. The van der Waals surface area contributed by atoms with Crippen molar-refractivity contribution >= 4 is 34.5 Å². The number of hydrogen-bond acceptors (Lipinski definition) is 4. The van der Waals surface area contributed by atoms with Gasteiger partial charge in [-0.05, 0) is 12.5 Å². The predicted octanol–water partition coefficient (Wildman–Crippen LogP) is 2.66. The first kappa shape index (κ1) is 14.9. The summed E-state index contributed by atoms with van der Waals surface area (Å²) in [5, 5.41) is 0. The van der Waals surface area contributed by atoms with Crippen LogP contribution in [0.3, 0.4) is 0 Å². The molecule has 0 aliphatic rings. The number of halogens is 1. The van der Waals surface area contributed by atoms with Gasteiger partial charge in [-0.15, -0.1) is 0 Å². The maximum Gasteiger partial charge on any atom is 0.323 e. The summed E-state index contributed by atoms with van der Waals surface area (Å²) in [7, 11) is 0. The fraction of sp³-hybridized carbons (Fsp3) is 0.385. The Hall–Kier alpha value is -1.11. The van der Waals surface area contributed by atoms with E-state index in [0.717, 1.165) is 5.56 Å². The molecule has 1 aromatic carbocycles. The molecule has 5 heteroatoms. The van der Waals surface area contributed by atoms with E-state index < -0.39 is 16.0 Å². The second kappa shape index (κ2) is 7.35. The summed E-state index contributed by atoms with van der Waals surface area (Å²) in [5.74, 6) is -0.803. The first-order valence-corrected chi connectivity index (χ1v) is 6.83. The van der Waals surface area contributed by atoms with E-state index in [4.69, 9.17) is 9.47 Å². The van der Waals surface area contributed by atoms with Gasteiger partial charge in [0.2, 0.25) is 0 Å². The lowest BCUT2D eigenvalue weighted by molar-refractivity contribution is -0.152. The van der Waals surface area contributed by atoms with Gasteiger partial charge in [0.25, 0.3) is 0 Å². The molecular formula is C13H15IO4. The third kappa shape index (κ3) is 4.29. The Bertz CT molecular complexity index is 405. The minimum Gasteiger partial charge on any atom is -0.465 e. The SMILES string of the molecule is CCOC(=O)C(I)C(OC(C)=O)c1ccccc1. The molecule has 0 saturated carbocycles. The first-order chi connectivity index (χ1) is 8.56. The first-order valence-electron chi connectivity index (χ1n) is 5.59. The number of rotatable bonds is 5. The van der Waals surface area contributed by atoms with Gasteiger partial charge in [0.05, 0.1) is 6.61 Å². The van der Waals surface area contributed by atoms with E-state index in [0.29, 0.717) is 6.61 Å². The van der Waals surface area contributed by atoms with Crippen molar-refractivity contribution in [3.05, 3.63) is 35.9 Å². The zero-order chi connectivity index (χ0) is 13.5. The van der Waals surface area contributed by atoms with E-state index in [2.05, 4.69) is 0 Å². The highest BCUT2D eigenvalue weighted by Gasteiger charge is 2.30. The van der Waals surface area contributed by atoms with Gasteiger partial charge in [-0.3, -0.25) is 9.59 Å². The van der Waals surface area contributed by atoms with Crippen LogP contribution >= 0.6 is 22.6 Å². The summed E-state index contributed by atoms with van der Waals surface area (Å²) >= 11 is 1.94. The molecule has 0 amide bonds. The van der Waals surface area contributed by atoms with Crippen LogP contribution < -0.4 is 0 Å². The molecule has 0 bridgehead atoms. The van der Waals surface area contributed by atoms with Crippen molar-refractivity contribution < 1.29 is 19.1 Å². The number of hydrogen-bond donors (Lipinski definition) is 0. The highest BCUT2D eigenvalue weighted by Crippen LogP contribution is 2.28. The fourth-order valence-electron chi connectivity index (χ4n) is 1.46. The molecule has 0 fully saturated rings. The minimum absolute atomic E-state index is 0.305. The molecular weight excluding hydrogens is 347 g/mol. The van der Waals surface area contributed by atoms with Crippen LogP contribution in [-0.2, 0) is 19.1 Å². The highest BCUT2D eigenvalue weighted by molar-refractivity contribution is 14.1. The van der Waals surface area contributed by atoms with Crippen molar-refractivity contribution in [3.63, 3.8) is 0 Å². The second-order valence-corrected chi connectivity index (χ2v) is 4.94. The summed E-state index contributed by atoms with van der Waals surface area (Å²) in [4.78, 5) is 22.9. The molecule has 2 atom stereocenters. The Morgan fingerprint density at radius 1 is 1.28 bits per heavy atom. The van der Waals surface area contributed by atoms with Crippen LogP contribution in [0.4, 0.5) is 0 Å². The van der Waals surface area contributed by atoms with Gasteiger partial charge in [0.1, 0.15) is 10.0 Å². The molecule has 0 aliphatic carbocycles. The minimum atomic E-state index is -0.622. The Morgan fingerprint density at radius 2 is 1.89 bits per heavy atom. The smallest absolute Gasteiger partial charge is 0.323 e. The van der Waals surface area contributed by atoms with Crippen molar-refractivity contribution in [1.82, 2.24) is 0 Å². The number of carbonyl (C=O) groups excluding carboxylic acids is 2. The van der Waals surface area contributed by atoms with Gasteiger partial charge in [-0.2, -0.15) is 0 Å². The van der Waals surface area contributed by atoms with Crippen molar-refractivity contribution in [1.29, 1.82) is 0 Å². The van der Waals surface area contributed by atoms with Crippen LogP contribution in [-0.4, -0.2) is 22.5 Å². The maximum absolute atomic E-state index is 11.7. The Balaban J connectivity index is 2.91. The van der Waals surface area contributed by atoms with Crippen molar-refractivity contribution in [2.24, 2.45) is 0 Å². The highest BCUT2D eigenvalue weighted by atomic mass is 127. The third-order valence-electron chi connectivity index (χ3n) is 2.20. The zero-order valence-corrected chi connectivity index (χ0v) is 12.4. The molecule has 1 aromatic rings. The van der Waals surface area contributed by atoms with Crippen LogP contribution in [0.5, 0.6) is 0 Å². The molecule has 0 saturated heterocycles. The van der Waals surface area contributed by atoms with E-state index in [1.165, 1.54) is 6.92 Å². The molecule has 0 N–H and O–H groups in total. The van der Waals surface area contributed by atoms with E-state index in [1.807, 2.05) is 52.9 Å². The van der Waals surface area contributed by atoms with Crippen LogP contribution in [0.1, 0.15) is 25.5 Å². The van der Waals surface area contributed by atoms with E-state index >= 15 is 0 Å².